The van der Waals surface area contributed by atoms with Crippen molar-refractivity contribution < 1.29 is 4.74 Å². The molecule has 2 saturated heterocycles. The van der Waals surface area contributed by atoms with Gasteiger partial charge in [0.25, 0.3) is 0 Å². The van der Waals surface area contributed by atoms with Gasteiger partial charge in [-0.1, -0.05) is 23.7 Å². The van der Waals surface area contributed by atoms with Gasteiger partial charge in [0.1, 0.15) is 6.04 Å². The van der Waals surface area contributed by atoms with Gasteiger partial charge < -0.3 is 24.4 Å². The van der Waals surface area contributed by atoms with Crippen LogP contribution in [0.3, 0.4) is 0 Å². The smallest absolute Gasteiger partial charge is 0.174 e. The topological polar surface area (TPSA) is 45.6 Å². The second-order valence-corrected chi connectivity index (χ2v) is 9.72. The molecule has 4 aromatic rings. The Morgan fingerprint density at radius 2 is 1.69 bits per heavy atom. The second-order valence-electron chi connectivity index (χ2n) is 8.90. The van der Waals surface area contributed by atoms with Gasteiger partial charge in [0, 0.05) is 53.3 Å². The summed E-state index contributed by atoms with van der Waals surface area (Å²) in [6.45, 7) is 3.33. The number of pyridine rings is 1. The number of halogens is 1. The van der Waals surface area contributed by atoms with Crippen LogP contribution in [0.1, 0.15) is 23.5 Å². The number of thiocarbonyl (C=S) groups is 1. The molecule has 0 amide bonds. The fourth-order valence-corrected chi connectivity index (χ4v) is 5.61. The first kappa shape index (κ1) is 23.0. The Morgan fingerprint density at radius 1 is 0.889 bits per heavy atom. The molecule has 0 radical (unpaired) electrons. The van der Waals surface area contributed by atoms with E-state index in [2.05, 4.69) is 73.3 Å². The van der Waals surface area contributed by atoms with Crippen LogP contribution in [0.25, 0.3) is 5.69 Å². The van der Waals surface area contributed by atoms with E-state index in [0.29, 0.717) is 10.1 Å². The lowest BCUT2D eigenvalue weighted by Crippen LogP contribution is -2.36. The first-order valence-electron chi connectivity index (χ1n) is 12.1. The minimum absolute atomic E-state index is 0.115. The average Bonchev–Trinajstić information content (AvgIpc) is 3.54. The molecule has 0 aliphatic carbocycles. The number of anilines is 2. The predicted molar refractivity (Wildman–Crippen MR) is 148 cm³/mol. The Balaban J connectivity index is 1.42. The van der Waals surface area contributed by atoms with Gasteiger partial charge in [-0.15, -0.1) is 0 Å². The fourth-order valence-electron chi connectivity index (χ4n) is 5.08. The number of nitrogens with one attached hydrogen (secondary N) is 1. The highest BCUT2D eigenvalue weighted by Crippen LogP contribution is 2.42. The highest BCUT2D eigenvalue weighted by atomic mass is 35.5. The van der Waals surface area contributed by atoms with Crippen molar-refractivity contribution in [1.82, 2.24) is 14.9 Å². The fraction of sp³-hybridized carbons (Fsp3) is 0.214. The third-order valence-corrected chi connectivity index (χ3v) is 7.32. The molecule has 6 nitrogen and oxygen atoms in total. The minimum Gasteiger partial charge on any atom is -0.378 e. The number of nitrogens with zero attached hydrogens (tertiary/aromatic N) is 4. The Hall–Kier alpha value is -3.39. The number of hydrogen-bond donors (Lipinski definition) is 1. The summed E-state index contributed by atoms with van der Waals surface area (Å²) in [5, 5.41) is 4.93. The zero-order valence-corrected chi connectivity index (χ0v) is 21.2. The van der Waals surface area contributed by atoms with Gasteiger partial charge in [0.15, 0.2) is 5.11 Å². The average molecular weight is 516 g/mol. The van der Waals surface area contributed by atoms with Crippen molar-refractivity contribution in [3.8, 4) is 5.69 Å². The molecule has 0 bridgehead atoms. The molecule has 0 unspecified atom stereocenters. The Morgan fingerprint density at radius 3 is 2.44 bits per heavy atom. The van der Waals surface area contributed by atoms with Gasteiger partial charge in [-0.05, 0) is 78.9 Å². The second kappa shape index (κ2) is 9.93. The van der Waals surface area contributed by atoms with E-state index in [4.69, 9.17) is 28.6 Å². The Labute approximate surface area is 221 Å². The van der Waals surface area contributed by atoms with Crippen LogP contribution in [-0.4, -0.2) is 41.0 Å². The summed E-state index contributed by atoms with van der Waals surface area (Å²) >= 11 is 12.3. The molecule has 4 heterocycles. The minimum atomic E-state index is -0.120. The van der Waals surface area contributed by atoms with Gasteiger partial charge in [0.05, 0.1) is 24.9 Å². The van der Waals surface area contributed by atoms with Crippen LogP contribution >= 0.6 is 23.8 Å². The maximum atomic E-state index is 6.35. The van der Waals surface area contributed by atoms with Crippen molar-refractivity contribution in [3.63, 3.8) is 0 Å². The van der Waals surface area contributed by atoms with Crippen molar-refractivity contribution in [1.29, 1.82) is 0 Å². The molecular formula is C28H26ClN5OS. The maximum absolute atomic E-state index is 6.35. The van der Waals surface area contributed by atoms with Crippen LogP contribution in [0.2, 0.25) is 5.02 Å². The van der Waals surface area contributed by atoms with Crippen molar-refractivity contribution in [2.75, 3.05) is 36.1 Å². The van der Waals surface area contributed by atoms with Crippen LogP contribution in [0.5, 0.6) is 0 Å². The van der Waals surface area contributed by atoms with Crippen LogP contribution in [0, 0.1) is 0 Å². The summed E-state index contributed by atoms with van der Waals surface area (Å²) in [6, 6.07) is 26.5. The number of rotatable bonds is 5. The lowest BCUT2D eigenvalue weighted by molar-refractivity contribution is 0.122. The zero-order chi connectivity index (χ0) is 24.5. The monoisotopic (exact) mass is 515 g/mol. The van der Waals surface area contributed by atoms with Gasteiger partial charge in [0.2, 0.25) is 0 Å². The van der Waals surface area contributed by atoms with E-state index in [-0.39, 0.29) is 12.1 Å². The number of ether oxygens (including phenoxy) is 1. The lowest BCUT2D eigenvalue weighted by atomic mass is 10.0. The summed E-state index contributed by atoms with van der Waals surface area (Å²) < 4.78 is 7.69. The largest absolute Gasteiger partial charge is 0.378 e. The molecule has 2 aromatic heterocycles. The summed E-state index contributed by atoms with van der Waals surface area (Å²) in [5.41, 5.74) is 5.27. The summed E-state index contributed by atoms with van der Waals surface area (Å²) in [4.78, 5) is 9.23. The van der Waals surface area contributed by atoms with Gasteiger partial charge >= 0.3 is 0 Å². The molecule has 6 rings (SSSR count). The van der Waals surface area contributed by atoms with E-state index >= 15 is 0 Å². The van der Waals surface area contributed by atoms with E-state index in [1.165, 1.54) is 5.69 Å². The lowest BCUT2D eigenvalue weighted by Gasteiger charge is -2.31. The molecule has 2 fully saturated rings. The first-order valence-corrected chi connectivity index (χ1v) is 12.8. The molecule has 2 atom stereocenters. The Bertz CT molecular complexity index is 1350. The van der Waals surface area contributed by atoms with Crippen molar-refractivity contribution in [2.24, 2.45) is 0 Å². The van der Waals surface area contributed by atoms with Crippen LogP contribution in [0.15, 0.2) is 91.3 Å². The molecule has 1 N–H and O–H groups in total. The standard InChI is InChI=1S/C28H26ClN5OS/c29-20-5-3-6-23(19-20)33-14-4-8-25(33)27-26(24-7-1-2-13-30-24)31-28(36)34(27)22-11-9-21(10-12-22)32-15-17-35-18-16-32/h1-14,19,26-27H,15-18H2,(H,31,36)/t26-,27-/m1/s1. The number of aromatic nitrogens is 2. The molecule has 0 spiro atoms. The summed E-state index contributed by atoms with van der Waals surface area (Å²) in [7, 11) is 0. The van der Waals surface area contributed by atoms with Crippen molar-refractivity contribution in [2.45, 2.75) is 12.1 Å². The summed E-state index contributed by atoms with van der Waals surface area (Å²) in [5.74, 6) is 0. The number of benzene rings is 2. The van der Waals surface area contributed by atoms with E-state index < -0.39 is 0 Å². The maximum Gasteiger partial charge on any atom is 0.174 e. The first-order chi connectivity index (χ1) is 17.7. The summed E-state index contributed by atoms with van der Waals surface area (Å²) in [6.07, 6.45) is 3.89. The normalized spacial score (nSPS) is 20.0. The molecule has 2 aliphatic heterocycles. The molecule has 8 heteroatoms. The number of morpholine rings is 1. The van der Waals surface area contributed by atoms with Gasteiger partial charge in [-0.2, -0.15) is 0 Å². The quantitative estimate of drug-likeness (QED) is 0.352. The third kappa shape index (κ3) is 4.34. The predicted octanol–water partition coefficient (Wildman–Crippen LogP) is 5.54. The van der Waals surface area contributed by atoms with E-state index in [9.17, 15) is 0 Å². The third-order valence-electron chi connectivity index (χ3n) is 6.77. The SMILES string of the molecule is S=C1N[C@H](c2ccccn2)[C@@H](c2cccn2-c2cccc(Cl)c2)N1c1ccc(N2CCOCC2)cc1. The molecule has 0 saturated carbocycles. The molecular weight excluding hydrogens is 490 g/mol. The molecule has 2 aromatic carbocycles. The van der Waals surface area contributed by atoms with Gasteiger partial charge in [-0.3, -0.25) is 4.98 Å². The molecule has 36 heavy (non-hydrogen) atoms. The molecule has 2 aliphatic rings. The zero-order valence-electron chi connectivity index (χ0n) is 19.6. The Kier molecular flexibility index (Phi) is 6.35. The van der Waals surface area contributed by atoms with Crippen molar-refractivity contribution >= 4 is 40.3 Å². The van der Waals surface area contributed by atoms with Crippen LogP contribution < -0.4 is 15.1 Å². The highest BCUT2D eigenvalue weighted by Gasteiger charge is 2.42. The van der Waals surface area contributed by atoms with E-state index in [1.807, 2.05) is 42.6 Å². The molecule has 182 valence electrons. The number of hydrogen-bond acceptors (Lipinski definition) is 4. The van der Waals surface area contributed by atoms with E-state index in [1.54, 1.807) is 0 Å². The van der Waals surface area contributed by atoms with Crippen molar-refractivity contribution in [3.05, 3.63) is 108 Å². The van der Waals surface area contributed by atoms with Crippen LogP contribution in [0.4, 0.5) is 11.4 Å². The van der Waals surface area contributed by atoms with Crippen LogP contribution in [-0.2, 0) is 4.74 Å². The van der Waals surface area contributed by atoms with E-state index in [0.717, 1.165) is 49.1 Å². The van der Waals surface area contributed by atoms with Gasteiger partial charge in [-0.25, -0.2) is 0 Å². The highest BCUT2D eigenvalue weighted by molar-refractivity contribution is 7.80.